The topological polar surface area (TPSA) is 92.6 Å². The SMILES string of the molecule is COc1ccc(C(=O)NNC(=S)NC(=O)C=Cc2ccco2)cc1. The molecule has 0 unspecified atom stereocenters. The molecule has 1 aromatic heterocycles. The maximum Gasteiger partial charge on any atom is 0.269 e. The van der Waals surface area contributed by atoms with Gasteiger partial charge in [-0.3, -0.25) is 25.8 Å². The van der Waals surface area contributed by atoms with Crippen molar-refractivity contribution in [2.45, 2.75) is 0 Å². The number of benzene rings is 1. The zero-order valence-corrected chi connectivity index (χ0v) is 13.6. The molecule has 0 saturated carbocycles. The first-order valence-electron chi connectivity index (χ1n) is 6.85. The summed E-state index contributed by atoms with van der Waals surface area (Å²) in [5, 5.41) is 2.35. The fourth-order valence-corrected chi connectivity index (χ4v) is 1.81. The Balaban J connectivity index is 1.77. The number of nitrogens with one attached hydrogen (secondary N) is 3. The molecule has 0 spiro atoms. The zero-order chi connectivity index (χ0) is 17.4. The lowest BCUT2D eigenvalue weighted by atomic mass is 10.2. The molecule has 2 amide bonds. The van der Waals surface area contributed by atoms with E-state index < -0.39 is 11.8 Å². The van der Waals surface area contributed by atoms with Gasteiger partial charge in [0.05, 0.1) is 13.4 Å². The normalized spacial score (nSPS) is 10.2. The molecular formula is C16H15N3O4S. The van der Waals surface area contributed by atoms with Crippen LogP contribution in [0.4, 0.5) is 0 Å². The third-order valence-corrected chi connectivity index (χ3v) is 3.02. The molecule has 124 valence electrons. The molecule has 2 rings (SSSR count). The summed E-state index contributed by atoms with van der Waals surface area (Å²) in [7, 11) is 1.54. The molecule has 1 aromatic carbocycles. The zero-order valence-electron chi connectivity index (χ0n) is 12.7. The van der Waals surface area contributed by atoms with E-state index in [0.29, 0.717) is 17.1 Å². The van der Waals surface area contributed by atoms with Gasteiger partial charge in [0.25, 0.3) is 5.91 Å². The van der Waals surface area contributed by atoms with E-state index in [2.05, 4.69) is 16.2 Å². The fraction of sp³-hybridized carbons (Fsp3) is 0.0625. The van der Waals surface area contributed by atoms with Crippen LogP contribution >= 0.6 is 12.2 Å². The van der Waals surface area contributed by atoms with Crippen molar-refractivity contribution in [3.8, 4) is 5.75 Å². The van der Waals surface area contributed by atoms with E-state index in [4.69, 9.17) is 21.4 Å². The highest BCUT2D eigenvalue weighted by Crippen LogP contribution is 2.10. The largest absolute Gasteiger partial charge is 0.497 e. The minimum Gasteiger partial charge on any atom is -0.497 e. The van der Waals surface area contributed by atoms with Crippen LogP contribution in [0.15, 0.2) is 53.2 Å². The van der Waals surface area contributed by atoms with Gasteiger partial charge in [-0.2, -0.15) is 0 Å². The van der Waals surface area contributed by atoms with Gasteiger partial charge in [-0.1, -0.05) is 0 Å². The van der Waals surface area contributed by atoms with Crippen LogP contribution in [0.1, 0.15) is 16.1 Å². The van der Waals surface area contributed by atoms with Gasteiger partial charge >= 0.3 is 0 Å². The van der Waals surface area contributed by atoms with Crippen molar-refractivity contribution in [3.63, 3.8) is 0 Å². The van der Waals surface area contributed by atoms with Crippen molar-refractivity contribution in [2.75, 3.05) is 7.11 Å². The molecule has 0 aliphatic heterocycles. The standard InChI is InChI=1S/C16H15N3O4S/c1-22-12-6-4-11(5-7-12)15(21)18-19-16(24)17-14(20)9-8-13-3-2-10-23-13/h2-10H,1H3,(H,18,21)(H2,17,19,20,24). The van der Waals surface area contributed by atoms with Gasteiger partial charge < -0.3 is 9.15 Å². The minimum absolute atomic E-state index is 0.0362. The van der Waals surface area contributed by atoms with Crippen LogP contribution in [0.5, 0.6) is 5.75 Å². The number of hydrazine groups is 1. The smallest absolute Gasteiger partial charge is 0.269 e. The minimum atomic E-state index is -0.456. The number of furan rings is 1. The molecule has 0 bridgehead atoms. The van der Waals surface area contributed by atoms with E-state index in [1.807, 2.05) is 0 Å². The van der Waals surface area contributed by atoms with Crippen molar-refractivity contribution >= 4 is 35.2 Å². The number of amides is 2. The maximum atomic E-state index is 11.9. The number of rotatable bonds is 4. The third-order valence-electron chi connectivity index (χ3n) is 2.82. The Morgan fingerprint density at radius 3 is 2.54 bits per heavy atom. The molecule has 0 fully saturated rings. The van der Waals surface area contributed by atoms with Crippen LogP contribution < -0.4 is 20.9 Å². The Morgan fingerprint density at radius 2 is 1.92 bits per heavy atom. The van der Waals surface area contributed by atoms with E-state index >= 15 is 0 Å². The first kappa shape index (κ1) is 17.2. The highest BCUT2D eigenvalue weighted by Gasteiger charge is 2.07. The molecule has 7 nitrogen and oxygen atoms in total. The Labute approximate surface area is 143 Å². The molecule has 1 heterocycles. The van der Waals surface area contributed by atoms with E-state index in [1.54, 1.807) is 36.4 Å². The average molecular weight is 345 g/mol. The predicted octanol–water partition coefficient (Wildman–Crippen LogP) is 1.64. The monoisotopic (exact) mass is 345 g/mol. The Hall–Kier alpha value is -3.13. The molecular weight excluding hydrogens is 330 g/mol. The van der Waals surface area contributed by atoms with Crippen LogP contribution in [0.3, 0.4) is 0 Å². The molecule has 3 N–H and O–H groups in total. The average Bonchev–Trinajstić information content (AvgIpc) is 3.11. The molecule has 2 aromatic rings. The summed E-state index contributed by atoms with van der Waals surface area (Å²) in [5.41, 5.74) is 5.24. The Kier molecular flexibility index (Phi) is 6.09. The molecule has 8 heteroatoms. The number of ether oxygens (including phenoxy) is 1. The second-order valence-electron chi connectivity index (χ2n) is 4.47. The Morgan fingerprint density at radius 1 is 1.17 bits per heavy atom. The third kappa shape index (κ3) is 5.25. The van der Waals surface area contributed by atoms with Gasteiger partial charge in [0, 0.05) is 11.6 Å². The predicted molar refractivity (Wildman–Crippen MR) is 92.1 cm³/mol. The molecule has 24 heavy (non-hydrogen) atoms. The number of thiocarbonyl (C=S) groups is 1. The van der Waals surface area contributed by atoms with Gasteiger partial charge in [-0.15, -0.1) is 0 Å². The Bertz CT molecular complexity index is 739. The van der Waals surface area contributed by atoms with Crippen molar-refractivity contribution in [1.82, 2.24) is 16.2 Å². The van der Waals surface area contributed by atoms with Crippen LogP contribution in [-0.2, 0) is 4.79 Å². The van der Waals surface area contributed by atoms with Crippen molar-refractivity contribution in [2.24, 2.45) is 0 Å². The summed E-state index contributed by atoms with van der Waals surface area (Å²) < 4.78 is 10.1. The summed E-state index contributed by atoms with van der Waals surface area (Å²) in [6.07, 6.45) is 4.25. The number of hydrogen-bond donors (Lipinski definition) is 3. The second kappa shape index (κ2) is 8.49. The van der Waals surface area contributed by atoms with Gasteiger partial charge in [-0.05, 0) is 54.7 Å². The summed E-state index contributed by atoms with van der Waals surface area (Å²) in [5.74, 6) is 0.324. The van der Waals surface area contributed by atoms with Gasteiger partial charge in [-0.25, -0.2) is 0 Å². The summed E-state index contributed by atoms with van der Waals surface area (Å²) in [4.78, 5) is 23.5. The lowest BCUT2D eigenvalue weighted by molar-refractivity contribution is -0.115. The van der Waals surface area contributed by atoms with E-state index in [-0.39, 0.29) is 5.11 Å². The van der Waals surface area contributed by atoms with E-state index in [0.717, 1.165) is 0 Å². The lowest BCUT2D eigenvalue weighted by Gasteiger charge is -2.10. The first-order valence-corrected chi connectivity index (χ1v) is 7.26. The molecule has 0 atom stereocenters. The number of hydrogen-bond acceptors (Lipinski definition) is 5. The lowest BCUT2D eigenvalue weighted by Crippen LogP contribution is -2.48. The molecule has 0 aliphatic carbocycles. The van der Waals surface area contributed by atoms with Crippen molar-refractivity contribution < 1.29 is 18.7 Å². The highest BCUT2D eigenvalue weighted by molar-refractivity contribution is 7.80. The van der Waals surface area contributed by atoms with Gasteiger partial charge in [0.2, 0.25) is 5.91 Å². The number of carbonyl (C=O) groups excluding carboxylic acids is 2. The molecule has 0 radical (unpaired) electrons. The van der Waals surface area contributed by atoms with Gasteiger partial charge in [0.15, 0.2) is 5.11 Å². The summed E-state index contributed by atoms with van der Waals surface area (Å²) >= 11 is 4.92. The van der Waals surface area contributed by atoms with Crippen molar-refractivity contribution in [3.05, 3.63) is 60.1 Å². The van der Waals surface area contributed by atoms with Gasteiger partial charge in [0.1, 0.15) is 11.5 Å². The van der Waals surface area contributed by atoms with E-state index in [1.165, 1.54) is 25.5 Å². The van der Waals surface area contributed by atoms with Crippen molar-refractivity contribution in [1.29, 1.82) is 0 Å². The van der Waals surface area contributed by atoms with E-state index in [9.17, 15) is 9.59 Å². The molecule has 0 saturated heterocycles. The summed E-state index contributed by atoms with van der Waals surface area (Å²) in [6.45, 7) is 0. The number of carbonyl (C=O) groups is 2. The fourth-order valence-electron chi connectivity index (χ4n) is 1.66. The van der Waals surface area contributed by atoms with Crippen LogP contribution in [-0.4, -0.2) is 24.0 Å². The van der Waals surface area contributed by atoms with Crippen LogP contribution in [0, 0.1) is 0 Å². The molecule has 0 aliphatic rings. The van der Waals surface area contributed by atoms with Crippen LogP contribution in [0.2, 0.25) is 0 Å². The summed E-state index contributed by atoms with van der Waals surface area (Å²) in [6, 6.07) is 9.93. The quantitative estimate of drug-likeness (QED) is 0.443. The first-order chi connectivity index (χ1) is 11.6. The maximum absolute atomic E-state index is 11.9. The highest BCUT2D eigenvalue weighted by atomic mass is 32.1. The number of methoxy groups -OCH3 is 1. The van der Waals surface area contributed by atoms with Crippen LogP contribution in [0.25, 0.3) is 6.08 Å². The second-order valence-corrected chi connectivity index (χ2v) is 4.88.